The lowest BCUT2D eigenvalue weighted by molar-refractivity contribution is 0.279. The fourth-order valence-corrected chi connectivity index (χ4v) is 1.89. The van der Waals surface area contributed by atoms with Gasteiger partial charge in [0.2, 0.25) is 0 Å². The average molecular weight is 260 g/mol. The van der Waals surface area contributed by atoms with Gasteiger partial charge in [-0.25, -0.2) is 4.39 Å². The lowest BCUT2D eigenvalue weighted by Gasteiger charge is -2.16. The van der Waals surface area contributed by atoms with E-state index in [9.17, 15) is 4.39 Å². The Morgan fingerprint density at radius 3 is 2.79 bits per heavy atom. The summed E-state index contributed by atoms with van der Waals surface area (Å²) in [5.74, 6) is 0.345. The highest BCUT2D eigenvalue weighted by molar-refractivity contribution is 5.22. The molecule has 0 spiro atoms. The quantitative estimate of drug-likeness (QED) is 0.868. The number of pyridine rings is 1. The van der Waals surface area contributed by atoms with Gasteiger partial charge in [-0.3, -0.25) is 4.98 Å². The first-order valence-corrected chi connectivity index (χ1v) is 6.29. The third-order valence-corrected chi connectivity index (χ3v) is 2.87. The van der Waals surface area contributed by atoms with Crippen LogP contribution in [0.3, 0.4) is 0 Å². The molecule has 0 fully saturated rings. The number of benzene rings is 1. The van der Waals surface area contributed by atoms with Gasteiger partial charge in [-0.05, 0) is 37.2 Å². The van der Waals surface area contributed by atoms with E-state index in [1.54, 1.807) is 18.3 Å². The van der Waals surface area contributed by atoms with E-state index in [1.807, 2.05) is 18.2 Å². The highest BCUT2D eigenvalue weighted by Crippen LogP contribution is 2.19. The Bertz CT molecular complexity index is 505. The lowest BCUT2D eigenvalue weighted by atomic mass is 10.0. The van der Waals surface area contributed by atoms with Gasteiger partial charge in [-0.2, -0.15) is 0 Å². The molecule has 1 unspecified atom stereocenters. The molecule has 1 aromatic carbocycles. The predicted octanol–water partition coefficient (Wildman–Crippen LogP) is 2.73. The summed E-state index contributed by atoms with van der Waals surface area (Å²) < 4.78 is 18.7. The molecule has 0 saturated carbocycles. The van der Waals surface area contributed by atoms with Crippen molar-refractivity contribution in [2.45, 2.75) is 12.3 Å². The zero-order chi connectivity index (χ0) is 13.5. The molecule has 1 aromatic heterocycles. The fraction of sp³-hybridized carbons (Fsp3) is 0.267. The number of nitrogens with zero attached hydrogens (tertiary/aromatic N) is 1. The van der Waals surface area contributed by atoms with E-state index in [-0.39, 0.29) is 11.7 Å². The molecule has 0 aliphatic heterocycles. The summed E-state index contributed by atoms with van der Waals surface area (Å²) in [4.78, 5) is 4.32. The summed E-state index contributed by atoms with van der Waals surface area (Å²) in [7, 11) is 0. The van der Waals surface area contributed by atoms with E-state index in [0.29, 0.717) is 18.9 Å². The molecule has 0 saturated heterocycles. The molecule has 1 heterocycles. The van der Waals surface area contributed by atoms with Crippen LogP contribution in [0.4, 0.5) is 4.39 Å². The molecule has 0 aliphatic carbocycles. The summed E-state index contributed by atoms with van der Waals surface area (Å²) in [5.41, 5.74) is 6.56. The van der Waals surface area contributed by atoms with Crippen LogP contribution in [-0.4, -0.2) is 18.1 Å². The topological polar surface area (TPSA) is 48.1 Å². The molecule has 1 atom stereocenters. The summed E-state index contributed by atoms with van der Waals surface area (Å²) >= 11 is 0. The number of hydrogen-bond donors (Lipinski definition) is 1. The SMILES string of the molecule is NCCC(COc1cccc(F)c1)c1ccccn1. The second-order valence-electron chi connectivity index (χ2n) is 4.30. The molecule has 100 valence electrons. The van der Waals surface area contributed by atoms with Crippen LogP contribution < -0.4 is 10.5 Å². The normalized spacial score (nSPS) is 12.1. The number of aromatic nitrogens is 1. The summed E-state index contributed by atoms with van der Waals surface area (Å²) in [6.45, 7) is 1.01. The number of nitrogens with two attached hydrogens (primary N) is 1. The predicted molar refractivity (Wildman–Crippen MR) is 72.5 cm³/mol. The molecule has 3 nitrogen and oxygen atoms in total. The number of ether oxygens (including phenoxy) is 1. The Labute approximate surface area is 112 Å². The van der Waals surface area contributed by atoms with Crippen LogP contribution in [0.25, 0.3) is 0 Å². The third kappa shape index (κ3) is 4.03. The van der Waals surface area contributed by atoms with Crippen molar-refractivity contribution in [1.82, 2.24) is 4.98 Å². The molecule has 2 N–H and O–H groups in total. The molecule has 0 radical (unpaired) electrons. The first-order chi connectivity index (χ1) is 9.29. The zero-order valence-corrected chi connectivity index (χ0v) is 10.6. The van der Waals surface area contributed by atoms with Crippen molar-refractivity contribution in [3.05, 3.63) is 60.2 Å². The first kappa shape index (κ1) is 13.5. The van der Waals surface area contributed by atoms with Gasteiger partial charge in [-0.1, -0.05) is 12.1 Å². The van der Waals surface area contributed by atoms with Crippen LogP contribution >= 0.6 is 0 Å². The van der Waals surface area contributed by atoms with Crippen molar-refractivity contribution in [3.8, 4) is 5.75 Å². The van der Waals surface area contributed by atoms with E-state index in [0.717, 1.165) is 12.1 Å². The van der Waals surface area contributed by atoms with Crippen molar-refractivity contribution in [2.24, 2.45) is 5.73 Å². The van der Waals surface area contributed by atoms with Crippen LogP contribution in [0.2, 0.25) is 0 Å². The second-order valence-corrected chi connectivity index (χ2v) is 4.30. The molecule has 2 aromatic rings. The van der Waals surface area contributed by atoms with Gasteiger partial charge in [0.1, 0.15) is 11.6 Å². The van der Waals surface area contributed by atoms with Gasteiger partial charge in [-0.15, -0.1) is 0 Å². The maximum Gasteiger partial charge on any atom is 0.126 e. The largest absolute Gasteiger partial charge is 0.493 e. The molecule has 0 bridgehead atoms. The van der Waals surface area contributed by atoms with Gasteiger partial charge in [0.15, 0.2) is 0 Å². The summed E-state index contributed by atoms with van der Waals surface area (Å²) in [5, 5.41) is 0. The minimum Gasteiger partial charge on any atom is -0.493 e. The Morgan fingerprint density at radius 1 is 1.21 bits per heavy atom. The number of rotatable bonds is 6. The van der Waals surface area contributed by atoms with Gasteiger partial charge in [0, 0.05) is 23.9 Å². The van der Waals surface area contributed by atoms with Gasteiger partial charge >= 0.3 is 0 Å². The Kier molecular flexibility index (Phi) is 4.86. The standard InChI is InChI=1S/C15H17FN2O/c16-13-4-3-5-14(10-13)19-11-12(7-8-17)15-6-1-2-9-18-15/h1-6,9-10,12H,7-8,11,17H2. The molecule has 2 rings (SSSR count). The van der Waals surface area contributed by atoms with Crippen LogP contribution in [-0.2, 0) is 0 Å². The minimum absolute atomic E-state index is 0.120. The molecule has 0 amide bonds. The van der Waals surface area contributed by atoms with E-state index in [1.165, 1.54) is 12.1 Å². The average Bonchev–Trinajstić information content (AvgIpc) is 2.44. The molecule has 0 aliphatic rings. The Morgan fingerprint density at radius 2 is 2.11 bits per heavy atom. The highest BCUT2D eigenvalue weighted by Gasteiger charge is 2.13. The van der Waals surface area contributed by atoms with Crippen molar-refractivity contribution < 1.29 is 9.13 Å². The van der Waals surface area contributed by atoms with Crippen LogP contribution in [0.5, 0.6) is 5.75 Å². The van der Waals surface area contributed by atoms with Crippen molar-refractivity contribution in [3.63, 3.8) is 0 Å². The summed E-state index contributed by atoms with van der Waals surface area (Å²) in [6.07, 6.45) is 2.54. The first-order valence-electron chi connectivity index (χ1n) is 6.29. The number of halogens is 1. The van der Waals surface area contributed by atoms with Crippen LogP contribution in [0.1, 0.15) is 18.0 Å². The van der Waals surface area contributed by atoms with E-state index in [2.05, 4.69) is 4.98 Å². The van der Waals surface area contributed by atoms with Crippen molar-refractivity contribution >= 4 is 0 Å². The van der Waals surface area contributed by atoms with E-state index >= 15 is 0 Å². The minimum atomic E-state index is -0.300. The van der Waals surface area contributed by atoms with Crippen molar-refractivity contribution in [2.75, 3.05) is 13.2 Å². The summed E-state index contributed by atoms with van der Waals surface area (Å²) in [6, 6.07) is 11.9. The number of hydrogen-bond acceptors (Lipinski definition) is 3. The van der Waals surface area contributed by atoms with Gasteiger partial charge < -0.3 is 10.5 Å². The van der Waals surface area contributed by atoms with Gasteiger partial charge in [0.25, 0.3) is 0 Å². The lowest BCUT2D eigenvalue weighted by Crippen LogP contribution is -2.16. The molecule has 19 heavy (non-hydrogen) atoms. The Balaban J connectivity index is 2.01. The monoisotopic (exact) mass is 260 g/mol. The Hall–Kier alpha value is -1.94. The molecular formula is C15H17FN2O. The highest BCUT2D eigenvalue weighted by atomic mass is 19.1. The van der Waals surface area contributed by atoms with Crippen LogP contribution in [0, 0.1) is 5.82 Å². The second kappa shape index (κ2) is 6.85. The van der Waals surface area contributed by atoms with E-state index < -0.39 is 0 Å². The van der Waals surface area contributed by atoms with Gasteiger partial charge in [0.05, 0.1) is 6.61 Å². The third-order valence-electron chi connectivity index (χ3n) is 2.87. The van der Waals surface area contributed by atoms with E-state index in [4.69, 9.17) is 10.5 Å². The maximum absolute atomic E-state index is 13.1. The van der Waals surface area contributed by atoms with Crippen LogP contribution in [0.15, 0.2) is 48.7 Å². The van der Waals surface area contributed by atoms with Crippen molar-refractivity contribution in [1.29, 1.82) is 0 Å². The fourth-order valence-electron chi connectivity index (χ4n) is 1.89. The molecule has 4 heteroatoms. The smallest absolute Gasteiger partial charge is 0.126 e. The maximum atomic E-state index is 13.1. The molecular weight excluding hydrogens is 243 g/mol. The zero-order valence-electron chi connectivity index (χ0n) is 10.6.